The van der Waals surface area contributed by atoms with Crippen molar-refractivity contribution in [3.63, 3.8) is 0 Å². The van der Waals surface area contributed by atoms with Crippen LogP contribution in [0.5, 0.6) is 0 Å². The number of carbonyl (C=O) groups excluding carboxylic acids is 1. The number of benzene rings is 2. The van der Waals surface area contributed by atoms with Crippen LogP contribution in [-0.4, -0.2) is 29.1 Å². The molecule has 0 unspecified atom stereocenters. The van der Waals surface area contributed by atoms with Gasteiger partial charge in [-0.15, -0.1) is 0 Å². The fourth-order valence-corrected chi connectivity index (χ4v) is 3.44. The number of nitrogens with zero attached hydrogens (tertiary/aromatic N) is 4. The van der Waals surface area contributed by atoms with Gasteiger partial charge in [-0.05, 0) is 37.1 Å². The molecule has 1 amide bonds. The summed E-state index contributed by atoms with van der Waals surface area (Å²) >= 11 is 0. The van der Waals surface area contributed by atoms with Gasteiger partial charge in [0.2, 0.25) is 17.6 Å². The van der Waals surface area contributed by atoms with Crippen molar-refractivity contribution in [2.75, 3.05) is 22.9 Å². The standard InChI is InChI=1S/C21H21FN4O2/c1-14-8-9-16(12-17(14)22)21-23-20(28-24-21)13-25-10-5-11-26(15(2)27)19-7-4-3-6-18(19)25/h3-4,6-9,12H,5,10-11,13H2,1-2H3. The van der Waals surface area contributed by atoms with Crippen molar-refractivity contribution in [2.24, 2.45) is 0 Å². The summed E-state index contributed by atoms with van der Waals surface area (Å²) in [6, 6.07) is 12.7. The van der Waals surface area contributed by atoms with Crippen LogP contribution in [0.3, 0.4) is 0 Å². The van der Waals surface area contributed by atoms with Crippen LogP contribution in [0.1, 0.15) is 24.8 Å². The summed E-state index contributed by atoms with van der Waals surface area (Å²) in [5.74, 6) is 0.537. The number of hydrogen-bond acceptors (Lipinski definition) is 5. The van der Waals surface area contributed by atoms with Gasteiger partial charge in [0.25, 0.3) is 0 Å². The molecule has 0 spiro atoms. The second kappa shape index (κ2) is 7.42. The Hall–Kier alpha value is -3.22. The number of aromatic nitrogens is 2. The normalized spacial score (nSPS) is 14.0. The highest BCUT2D eigenvalue weighted by Crippen LogP contribution is 2.33. The highest BCUT2D eigenvalue weighted by molar-refractivity contribution is 5.95. The fourth-order valence-electron chi connectivity index (χ4n) is 3.44. The molecule has 0 radical (unpaired) electrons. The minimum Gasteiger partial charge on any atom is -0.360 e. The third kappa shape index (κ3) is 3.47. The average molecular weight is 380 g/mol. The van der Waals surface area contributed by atoms with Gasteiger partial charge in [-0.25, -0.2) is 4.39 Å². The Morgan fingerprint density at radius 1 is 1.18 bits per heavy atom. The minimum absolute atomic E-state index is 0.0239. The van der Waals surface area contributed by atoms with Gasteiger partial charge in [-0.2, -0.15) is 4.98 Å². The van der Waals surface area contributed by atoms with Gasteiger partial charge in [0, 0.05) is 25.6 Å². The number of carbonyl (C=O) groups is 1. The summed E-state index contributed by atoms with van der Waals surface area (Å²) < 4.78 is 19.2. The van der Waals surface area contributed by atoms with Crippen LogP contribution in [0.25, 0.3) is 11.4 Å². The van der Waals surface area contributed by atoms with E-state index in [2.05, 4.69) is 15.0 Å². The first-order chi connectivity index (χ1) is 13.5. The topological polar surface area (TPSA) is 62.5 Å². The van der Waals surface area contributed by atoms with E-state index in [9.17, 15) is 9.18 Å². The second-order valence-corrected chi connectivity index (χ2v) is 6.91. The van der Waals surface area contributed by atoms with Crippen LogP contribution in [0.15, 0.2) is 47.0 Å². The number of rotatable bonds is 3. The second-order valence-electron chi connectivity index (χ2n) is 6.91. The fraction of sp³-hybridized carbons (Fsp3) is 0.286. The zero-order valence-corrected chi connectivity index (χ0v) is 15.9. The molecule has 0 aliphatic carbocycles. The van der Waals surface area contributed by atoms with Crippen molar-refractivity contribution in [2.45, 2.75) is 26.8 Å². The molecule has 1 aromatic heterocycles. The summed E-state index contributed by atoms with van der Waals surface area (Å²) in [5, 5.41) is 4.00. The number of halogens is 1. The lowest BCUT2D eigenvalue weighted by atomic mass is 10.1. The highest BCUT2D eigenvalue weighted by atomic mass is 19.1. The zero-order chi connectivity index (χ0) is 19.7. The van der Waals surface area contributed by atoms with E-state index in [-0.39, 0.29) is 11.7 Å². The molecule has 2 aromatic carbocycles. The number of hydrogen-bond donors (Lipinski definition) is 0. The number of para-hydroxylation sites is 2. The van der Waals surface area contributed by atoms with Crippen LogP contribution >= 0.6 is 0 Å². The summed E-state index contributed by atoms with van der Waals surface area (Å²) in [4.78, 5) is 20.4. The Labute approximate surface area is 162 Å². The summed E-state index contributed by atoms with van der Waals surface area (Å²) in [6.45, 7) is 5.14. The third-order valence-corrected chi connectivity index (χ3v) is 4.93. The van der Waals surface area contributed by atoms with E-state index in [1.165, 1.54) is 6.07 Å². The van der Waals surface area contributed by atoms with Crippen LogP contribution in [-0.2, 0) is 11.3 Å². The zero-order valence-electron chi connectivity index (χ0n) is 15.9. The predicted octanol–water partition coefficient (Wildman–Crippen LogP) is 3.95. The number of fused-ring (bicyclic) bond motifs is 1. The quantitative estimate of drug-likeness (QED) is 0.689. The monoisotopic (exact) mass is 380 g/mol. The molecule has 0 saturated heterocycles. The van der Waals surface area contributed by atoms with Crippen molar-refractivity contribution in [1.82, 2.24) is 10.1 Å². The van der Waals surface area contributed by atoms with Crippen molar-refractivity contribution in [1.29, 1.82) is 0 Å². The maximum absolute atomic E-state index is 13.8. The maximum Gasteiger partial charge on any atom is 0.246 e. The van der Waals surface area contributed by atoms with Gasteiger partial charge in [0.1, 0.15) is 5.82 Å². The molecule has 4 rings (SSSR count). The van der Waals surface area contributed by atoms with Crippen molar-refractivity contribution < 1.29 is 13.7 Å². The van der Waals surface area contributed by atoms with Crippen LogP contribution in [0, 0.1) is 12.7 Å². The lowest BCUT2D eigenvalue weighted by Crippen LogP contribution is -2.28. The van der Waals surface area contributed by atoms with E-state index in [1.807, 2.05) is 24.3 Å². The lowest BCUT2D eigenvalue weighted by Gasteiger charge is -2.25. The maximum atomic E-state index is 13.8. The van der Waals surface area contributed by atoms with Gasteiger partial charge in [-0.3, -0.25) is 4.79 Å². The Morgan fingerprint density at radius 2 is 1.96 bits per heavy atom. The molecule has 0 fully saturated rings. The molecule has 0 N–H and O–H groups in total. The lowest BCUT2D eigenvalue weighted by molar-refractivity contribution is -0.116. The molecule has 0 atom stereocenters. The van der Waals surface area contributed by atoms with Gasteiger partial charge in [0.15, 0.2) is 0 Å². The Morgan fingerprint density at radius 3 is 2.71 bits per heavy atom. The molecular weight excluding hydrogens is 359 g/mol. The van der Waals surface area contributed by atoms with Crippen molar-refractivity contribution >= 4 is 17.3 Å². The van der Waals surface area contributed by atoms with E-state index in [4.69, 9.17) is 4.52 Å². The van der Waals surface area contributed by atoms with Crippen LogP contribution in [0.2, 0.25) is 0 Å². The number of aryl methyl sites for hydroxylation is 1. The molecule has 3 aromatic rings. The minimum atomic E-state index is -0.297. The van der Waals surface area contributed by atoms with Crippen LogP contribution < -0.4 is 9.80 Å². The first-order valence-corrected chi connectivity index (χ1v) is 9.24. The van der Waals surface area contributed by atoms with Crippen LogP contribution in [0.4, 0.5) is 15.8 Å². The van der Waals surface area contributed by atoms with Gasteiger partial charge in [0.05, 0.1) is 17.9 Å². The molecule has 2 heterocycles. The van der Waals surface area contributed by atoms with E-state index >= 15 is 0 Å². The first kappa shape index (κ1) is 18.2. The smallest absolute Gasteiger partial charge is 0.246 e. The molecule has 1 aliphatic rings. The molecule has 6 nitrogen and oxygen atoms in total. The molecule has 1 aliphatic heterocycles. The van der Waals surface area contributed by atoms with Gasteiger partial charge < -0.3 is 14.3 Å². The summed E-state index contributed by atoms with van der Waals surface area (Å²) in [7, 11) is 0. The number of anilines is 2. The largest absolute Gasteiger partial charge is 0.360 e. The van der Waals surface area contributed by atoms with E-state index in [0.29, 0.717) is 35.9 Å². The van der Waals surface area contributed by atoms with Crippen molar-refractivity contribution in [3.8, 4) is 11.4 Å². The van der Waals surface area contributed by atoms with E-state index in [0.717, 1.165) is 24.3 Å². The Bertz CT molecular complexity index is 1020. The van der Waals surface area contributed by atoms with E-state index in [1.54, 1.807) is 30.9 Å². The summed E-state index contributed by atoms with van der Waals surface area (Å²) in [6.07, 6.45) is 0.832. The Balaban J connectivity index is 1.60. The first-order valence-electron chi connectivity index (χ1n) is 9.24. The van der Waals surface area contributed by atoms with Gasteiger partial charge in [-0.1, -0.05) is 29.4 Å². The average Bonchev–Trinajstić information content (AvgIpc) is 3.06. The van der Waals surface area contributed by atoms with Gasteiger partial charge >= 0.3 is 0 Å². The Kier molecular flexibility index (Phi) is 4.81. The molecular formula is C21H21FN4O2. The third-order valence-electron chi connectivity index (χ3n) is 4.93. The predicted molar refractivity (Wildman–Crippen MR) is 105 cm³/mol. The summed E-state index contributed by atoms with van der Waals surface area (Å²) in [5.41, 5.74) is 2.99. The molecule has 144 valence electrons. The highest BCUT2D eigenvalue weighted by Gasteiger charge is 2.24. The van der Waals surface area contributed by atoms with Crippen molar-refractivity contribution in [3.05, 3.63) is 59.7 Å². The molecule has 0 saturated carbocycles. The number of amides is 1. The molecule has 28 heavy (non-hydrogen) atoms. The van der Waals surface area contributed by atoms with E-state index < -0.39 is 0 Å². The molecule has 0 bridgehead atoms. The SMILES string of the molecule is CC(=O)N1CCCN(Cc2nc(-c3ccc(C)c(F)c3)no2)c2ccccc21. The molecule has 7 heteroatoms.